The van der Waals surface area contributed by atoms with E-state index >= 15 is 0 Å². The maximum absolute atomic E-state index is 12.7. The van der Waals surface area contributed by atoms with Crippen molar-refractivity contribution in [3.63, 3.8) is 0 Å². The molecule has 31 heavy (non-hydrogen) atoms. The molecule has 0 amide bonds. The van der Waals surface area contributed by atoms with Crippen LogP contribution in [-0.2, 0) is 28.7 Å². The van der Waals surface area contributed by atoms with Crippen molar-refractivity contribution in [2.45, 2.75) is 57.2 Å². The molecule has 2 heterocycles. The first-order chi connectivity index (χ1) is 15.0. The highest BCUT2D eigenvalue weighted by Gasteiger charge is 2.42. The van der Waals surface area contributed by atoms with Gasteiger partial charge in [0, 0.05) is 18.4 Å². The van der Waals surface area contributed by atoms with Gasteiger partial charge in [-0.25, -0.2) is 4.79 Å². The summed E-state index contributed by atoms with van der Waals surface area (Å²) in [4.78, 5) is 12.7. The summed E-state index contributed by atoms with van der Waals surface area (Å²) in [5, 5.41) is 11.6. The molecule has 1 unspecified atom stereocenters. The molecule has 0 radical (unpaired) electrons. The van der Waals surface area contributed by atoms with Crippen molar-refractivity contribution in [2.24, 2.45) is 0 Å². The van der Waals surface area contributed by atoms with Crippen LogP contribution < -0.4 is 5.63 Å². The first-order valence-corrected chi connectivity index (χ1v) is 11.2. The van der Waals surface area contributed by atoms with Crippen LogP contribution >= 0.6 is 0 Å². The summed E-state index contributed by atoms with van der Waals surface area (Å²) in [6.45, 7) is 3.27. The van der Waals surface area contributed by atoms with Gasteiger partial charge in [-0.3, -0.25) is 0 Å². The number of benzene rings is 2. The van der Waals surface area contributed by atoms with Gasteiger partial charge in [-0.05, 0) is 60.4 Å². The SMILES string of the molecule is CC(CCCc1ccccc1)c1cc(O)c2c3c(c(=O)oc2c1)CCC1(C3)OCCO1. The average Bonchev–Trinajstić information content (AvgIpc) is 3.21. The van der Waals surface area contributed by atoms with Gasteiger partial charge >= 0.3 is 5.63 Å². The maximum Gasteiger partial charge on any atom is 0.339 e. The molecule has 162 valence electrons. The van der Waals surface area contributed by atoms with Crippen LogP contribution in [0.15, 0.2) is 51.7 Å². The number of hydrogen-bond acceptors (Lipinski definition) is 5. The number of fused-ring (bicyclic) bond motifs is 3. The molecule has 3 aromatic rings. The molecule has 1 saturated heterocycles. The van der Waals surface area contributed by atoms with Gasteiger partial charge in [0.1, 0.15) is 11.3 Å². The Kier molecular flexibility index (Phi) is 5.32. The summed E-state index contributed by atoms with van der Waals surface area (Å²) in [7, 11) is 0. The molecule has 1 aliphatic heterocycles. The second kappa shape index (κ2) is 8.13. The third-order valence-electron chi connectivity index (χ3n) is 6.75. The van der Waals surface area contributed by atoms with E-state index in [4.69, 9.17) is 13.9 Å². The van der Waals surface area contributed by atoms with Crippen LogP contribution in [0.25, 0.3) is 11.0 Å². The molecule has 2 aliphatic rings. The predicted octanol–water partition coefficient (Wildman–Crippen LogP) is 4.86. The van der Waals surface area contributed by atoms with Crippen LogP contribution in [0.5, 0.6) is 5.75 Å². The fourth-order valence-electron chi connectivity index (χ4n) is 5.01. The van der Waals surface area contributed by atoms with Gasteiger partial charge in [0.15, 0.2) is 5.79 Å². The molecule has 1 N–H and O–H groups in total. The van der Waals surface area contributed by atoms with E-state index in [0.717, 1.165) is 30.4 Å². The number of hydrogen-bond donors (Lipinski definition) is 1. The van der Waals surface area contributed by atoms with Crippen molar-refractivity contribution < 1.29 is 19.0 Å². The first kappa shape index (κ1) is 20.3. The Balaban J connectivity index is 1.42. The maximum atomic E-state index is 12.7. The van der Waals surface area contributed by atoms with Crippen LogP contribution in [0.4, 0.5) is 0 Å². The van der Waals surface area contributed by atoms with E-state index in [1.807, 2.05) is 18.2 Å². The lowest BCUT2D eigenvalue weighted by Crippen LogP contribution is -2.38. The highest BCUT2D eigenvalue weighted by atomic mass is 16.7. The quantitative estimate of drug-likeness (QED) is 0.597. The molecule has 1 aromatic heterocycles. The normalized spacial score (nSPS) is 18.4. The number of ether oxygens (including phenoxy) is 2. The molecule has 5 heteroatoms. The Morgan fingerprint density at radius 1 is 1.10 bits per heavy atom. The lowest BCUT2D eigenvalue weighted by molar-refractivity contribution is -0.163. The summed E-state index contributed by atoms with van der Waals surface area (Å²) >= 11 is 0. The Bertz CT molecular complexity index is 1140. The van der Waals surface area contributed by atoms with Crippen molar-refractivity contribution in [3.05, 3.63) is 75.1 Å². The van der Waals surface area contributed by atoms with Crippen molar-refractivity contribution >= 4 is 11.0 Å². The van der Waals surface area contributed by atoms with Crippen molar-refractivity contribution in [1.82, 2.24) is 0 Å². The molecule has 1 spiro atoms. The fourth-order valence-corrected chi connectivity index (χ4v) is 5.01. The van der Waals surface area contributed by atoms with E-state index in [-0.39, 0.29) is 17.3 Å². The number of phenolic OH excluding ortho intramolecular Hbond substituents is 1. The van der Waals surface area contributed by atoms with Gasteiger partial charge in [-0.2, -0.15) is 0 Å². The minimum Gasteiger partial charge on any atom is -0.507 e. The number of aryl methyl sites for hydroxylation is 1. The van der Waals surface area contributed by atoms with Gasteiger partial charge in [0.05, 0.1) is 18.6 Å². The summed E-state index contributed by atoms with van der Waals surface area (Å²) in [6.07, 6.45) is 4.69. The zero-order valence-corrected chi connectivity index (χ0v) is 17.9. The van der Waals surface area contributed by atoms with E-state index < -0.39 is 5.79 Å². The smallest absolute Gasteiger partial charge is 0.339 e. The molecule has 1 aliphatic carbocycles. The largest absolute Gasteiger partial charge is 0.507 e. The highest BCUT2D eigenvalue weighted by Crippen LogP contribution is 2.41. The van der Waals surface area contributed by atoms with E-state index in [2.05, 4.69) is 31.2 Å². The Hall–Kier alpha value is -2.63. The first-order valence-electron chi connectivity index (χ1n) is 11.2. The number of rotatable bonds is 5. The molecular weight excluding hydrogens is 392 g/mol. The topological polar surface area (TPSA) is 68.9 Å². The molecule has 2 aromatic carbocycles. The van der Waals surface area contributed by atoms with E-state index in [1.165, 1.54) is 5.56 Å². The predicted molar refractivity (Wildman–Crippen MR) is 119 cm³/mol. The van der Waals surface area contributed by atoms with E-state index in [1.54, 1.807) is 0 Å². The van der Waals surface area contributed by atoms with Gasteiger partial charge < -0.3 is 19.0 Å². The Morgan fingerprint density at radius 3 is 2.65 bits per heavy atom. The monoisotopic (exact) mass is 420 g/mol. The summed E-state index contributed by atoms with van der Waals surface area (Å²) in [5.41, 5.74) is 3.89. The van der Waals surface area contributed by atoms with Crippen LogP contribution in [0, 0.1) is 0 Å². The zero-order valence-electron chi connectivity index (χ0n) is 17.9. The molecule has 5 nitrogen and oxygen atoms in total. The lowest BCUT2D eigenvalue weighted by Gasteiger charge is -2.32. The van der Waals surface area contributed by atoms with Gasteiger partial charge in [0.25, 0.3) is 0 Å². The number of phenols is 1. The second-order valence-corrected chi connectivity index (χ2v) is 8.82. The average molecular weight is 421 g/mol. The lowest BCUT2D eigenvalue weighted by atomic mass is 9.85. The molecule has 1 fully saturated rings. The van der Waals surface area contributed by atoms with Crippen molar-refractivity contribution in [3.8, 4) is 5.75 Å². The van der Waals surface area contributed by atoms with Crippen LogP contribution in [0.2, 0.25) is 0 Å². The Morgan fingerprint density at radius 2 is 1.87 bits per heavy atom. The minimum atomic E-state index is -0.677. The molecular formula is C26H28O5. The molecule has 5 rings (SSSR count). The summed E-state index contributed by atoms with van der Waals surface area (Å²) in [5.74, 6) is -0.269. The minimum absolute atomic E-state index is 0.164. The van der Waals surface area contributed by atoms with Crippen LogP contribution in [-0.4, -0.2) is 24.1 Å². The van der Waals surface area contributed by atoms with Crippen molar-refractivity contribution in [1.29, 1.82) is 0 Å². The standard InChI is InChI=1S/C26H28O5/c1-17(6-5-9-18-7-3-2-4-8-18)19-14-22(27)24-21-16-26(29-12-13-30-26)11-10-20(21)25(28)31-23(24)15-19/h2-4,7-8,14-15,17,27H,5-6,9-13,16H2,1H3. The zero-order chi connectivity index (χ0) is 21.4. The summed E-state index contributed by atoms with van der Waals surface area (Å²) < 4.78 is 17.4. The van der Waals surface area contributed by atoms with Crippen LogP contribution in [0.3, 0.4) is 0 Å². The van der Waals surface area contributed by atoms with Gasteiger partial charge in [-0.15, -0.1) is 0 Å². The second-order valence-electron chi connectivity index (χ2n) is 8.82. The molecule has 0 saturated carbocycles. The highest BCUT2D eigenvalue weighted by molar-refractivity contribution is 5.88. The van der Waals surface area contributed by atoms with E-state index in [0.29, 0.717) is 49.0 Å². The molecule has 1 atom stereocenters. The Labute approximate surface area is 181 Å². The number of aromatic hydroxyl groups is 1. The molecule has 0 bridgehead atoms. The van der Waals surface area contributed by atoms with Crippen molar-refractivity contribution in [2.75, 3.05) is 13.2 Å². The van der Waals surface area contributed by atoms with Crippen LogP contribution in [0.1, 0.15) is 54.4 Å². The fraction of sp³-hybridized carbons (Fsp3) is 0.423. The third-order valence-corrected chi connectivity index (χ3v) is 6.75. The van der Waals surface area contributed by atoms with Gasteiger partial charge in [-0.1, -0.05) is 37.3 Å². The van der Waals surface area contributed by atoms with Gasteiger partial charge in [0.2, 0.25) is 0 Å². The summed E-state index contributed by atoms with van der Waals surface area (Å²) in [6, 6.07) is 14.2. The third kappa shape index (κ3) is 3.88. The van der Waals surface area contributed by atoms with E-state index in [9.17, 15) is 9.90 Å².